The first-order valence-corrected chi connectivity index (χ1v) is 14.5. The second kappa shape index (κ2) is 14.8. The molecule has 0 aromatic heterocycles. The summed E-state index contributed by atoms with van der Waals surface area (Å²) < 4.78 is 40.4. The first-order valence-electron chi connectivity index (χ1n) is 14.5. The van der Waals surface area contributed by atoms with Crippen molar-refractivity contribution < 1.29 is 33.0 Å². The second-order valence-corrected chi connectivity index (χ2v) is 10.9. The van der Waals surface area contributed by atoms with Gasteiger partial charge in [0.1, 0.15) is 11.9 Å². The second-order valence-electron chi connectivity index (χ2n) is 10.9. The third kappa shape index (κ3) is 9.47. The van der Waals surface area contributed by atoms with E-state index in [4.69, 9.17) is 26.0 Å². The number of unbranched alkanes of at least 4 members (excludes halogenated alkanes) is 2. The van der Waals surface area contributed by atoms with Crippen LogP contribution < -0.4 is 16.2 Å². The summed E-state index contributed by atoms with van der Waals surface area (Å²) in [5.74, 6) is -1.89. The number of esters is 1. The van der Waals surface area contributed by atoms with Crippen LogP contribution in [0.1, 0.15) is 93.1 Å². The van der Waals surface area contributed by atoms with Gasteiger partial charge >= 0.3 is 18.0 Å². The average molecular weight is 573 g/mol. The molecule has 0 bridgehead atoms. The minimum atomic E-state index is -3.23. The van der Waals surface area contributed by atoms with Crippen LogP contribution in [0.3, 0.4) is 0 Å². The number of ether oxygens (including phenoxy) is 2. The van der Waals surface area contributed by atoms with Gasteiger partial charge in [-0.15, -0.1) is 0 Å². The molecule has 1 aliphatic rings. The summed E-state index contributed by atoms with van der Waals surface area (Å²) in [6.45, 7) is 4.01. The number of nitrogens with two attached hydrogens (primary N) is 2. The van der Waals surface area contributed by atoms with Crippen LogP contribution >= 0.6 is 0 Å². The number of carbonyl (C=O) groups excluding carboxylic acids is 1. The largest absolute Gasteiger partial charge is 0.478 e. The summed E-state index contributed by atoms with van der Waals surface area (Å²) in [6, 6.07) is 8.79. The molecule has 41 heavy (non-hydrogen) atoms. The van der Waals surface area contributed by atoms with Gasteiger partial charge in [-0.2, -0.15) is 8.78 Å². The molecule has 0 aliphatic heterocycles. The van der Waals surface area contributed by atoms with Gasteiger partial charge in [-0.1, -0.05) is 51.7 Å². The number of nitrogen functional groups attached to an aromatic ring is 2. The lowest BCUT2D eigenvalue weighted by molar-refractivity contribution is -0.223. The zero-order chi connectivity index (χ0) is 30.0. The highest BCUT2D eigenvalue weighted by molar-refractivity contribution is 5.91. The van der Waals surface area contributed by atoms with Gasteiger partial charge in [0.05, 0.1) is 11.5 Å². The minimum absolute atomic E-state index is 0.0165. The maximum absolute atomic E-state index is 14.9. The van der Waals surface area contributed by atoms with Gasteiger partial charge in [-0.3, -0.25) is 0 Å². The third-order valence-electron chi connectivity index (χ3n) is 7.82. The summed E-state index contributed by atoms with van der Waals surface area (Å²) >= 11 is 0. The summed E-state index contributed by atoms with van der Waals surface area (Å²) in [6.07, 6.45) is 6.99. The molecule has 1 saturated carbocycles. The van der Waals surface area contributed by atoms with E-state index >= 15 is 0 Å². The van der Waals surface area contributed by atoms with Crippen LogP contribution in [0.4, 0.5) is 20.2 Å². The van der Waals surface area contributed by atoms with Gasteiger partial charge in [0.2, 0.25) is 0 Å². The normalized spacial score (nSPS) is 18.2. The van der Waals surface area contributed by atoms with Gasteiger partial charge in [0, 0.05) is 29.4 Å². The fraction of sp³-hybridized carbons (Fsp3) is 0.500. The number of benzene rings is 2. The molecule has 2 aromatic rings. The van der Waals surface area contributed by atoms with Crippen molar-refractivity contribution in [3.8, 4) is 5.75 Å². The van der Waals surface area contributed by atoms with E-state index in [-0.39, 0.29) is 29.1 Å². The van der Waals surface area contributed by atoms with Gasteiger partial charge < -0.3 is 26.0 Å². The number of halogens is 2. The van der Waals surface area contributed by atoms with Gasteiger partial charge in [-0.05, 0) is 73.9 Å². The Morgan fingerprint density at radius 2 is 1.68 bits per heavy atom. The van der Waals surface area contributed by atoms with Crippen molar-refractivity contribution in [1.29, 1.82) is 0 Å². The molecule has 9 heteroatoms. The number of carbonyl (C=O) groups is 2. The first kappa shape index (κ1) is 31.9. The Bertz CT molecular complexity index is 1170. The van der Waals surface area contributed by atoms with Crippen LogP contribution in [-0.4, -0.2) is 29.3 Å². The Hall–Kier alpha value is -3.62. The molecule has 0 amide bonds. The molecule has 2 aromatic carbocycles. The summed E-state index contributed by atoms with van der Waals surface area (Å²) in [4.78, 5) is 23.6. The van der Waals surface area contributed by atoms with Crippen LogP contribution in [-0.2, 0) is 16.0 Å². The Labute approximate surface area is 240 Å². The fourth-order valence-electron chi connectivity index (χ4n) is 5.30. The maximum Gasteiger partial charge on any atom is 0.400 e. The predicted molar refractivity (Wildman–Crippen MR) is 157 cm³/mol. The fourth-order valence-corrected chi connectivity index (χ4v) is 5.30. The van der Waals surface area contributed by atoms with E-state index in [1.807, 2.05) is 6.92 Å². The molecule has 1 aliphatic carbocycles. The number of rotatable bonds is 14. The number of carboxylic acid groups (broad SMARTS) is 1. The Balaban J connectivity index is 1.51. The molecule has 1 fully saturated rings. The number of carboxylic acids is 1. The first-order chi connectivity index (χ1) is 19.5. The van der Waals surface area contributed by atoms with Crippen molar-refractivity contribution in [2.45, 2.75) is 90.3 Å². The molecule has 0 heterocycles. The summed E-state index contributed by atoms with van der Waals surface area (Å²) in [5, 5.41) is 9.15. The molecular formula is C32H42F2N2O5. The van der Waals surface area contributed by atoms with Crippen LogP contribution in [0.25, 0.3) is 6.08 Å². The van der Waals surface area contributed by atoms with Gasteiger partial charge in [0.25, 0.3) is 0 Å². The lowest BCUT2D eigenvalue weighted by Gasteiger charge is -2.33. The predicted octanol–water partition coefficient (Wildman–Crippen LogP) is 7.49. The van der Waals surface area contributed by atoms with E-state index in [9.17, 15) is 18.4 Å². The van der Waals surface area contributed by atoms with E-state index < -0.39 is 30.1 Å². The Kier molecular flexibility index (Phi) is 11.6. The molecule has 0 saturated heterocycles. The Morgan fingerprint density at radius 1 is 1.05 bits per heavy atom. The number of hydrogen-bond acceptors (Lipinski definition) is 6. The highest BCUT2D eigenvalue weighted by Gasteiger charge is 2.43. The van der Waals surface area contributed by atoms with E-state index in [0.29, 0.717) is 36.3 Å². The van der Waals surface area contributed by atoms with Crippen LogP contribution in [0.15, 0.2) is 42.5 Å². The molecular weight excluding hydrogens is 530 g/mol. The van der Waals surface area contributed by atoms with Gasteiger partial charge in [-0.25, -0.2) is 9.59 Å². The zero-order valence-corrected chi connectivity index (χ0v) is 23.9. The van der Waals surface area contributed by atoms with E-state index in [2.05, 4.69) is 6.92 Å². The van der Waals surface area contributed by atoms with Crippen molar-refractivity contribution >= 4 is 29.4 Å². The van der Waals surface area contributed by atoms with E-state index in [1.54, 1.807) is 12.1 Å². The zero-order valence-electron chi connectivity index (χ0n) is 23.9. The molecule has 1 atom stereocenters. The average Bonchev–Trinajstić information content (AvgIpc) is 2.94. The van der Waals surface area contributed by atoms with Crippen LogP contribution in [0.2, 0.25) is 0 Å². The molecule has 5 N–H and O–H groups in total. The quantitative estimate of drug-likeness (QED) is 0.0927. The van der Waals surface area contributed by atoms with Crippen molar-refractivity contribution in [3.63, 3.8) is 0 Å². The number of hydrogen-bond donors (Lipinski definition) is 3. The maximum atomic E-state index is 14.9. The van der Waals surface area contributed by atoms with Crippen LogP contribution in [0, 0.1) is 11.8 Å². The van der Waals surface area contributed by atoms with Gasteiger partial charge in [0.15, 0.2) is 0 Å². The molecule has 1 unspecified atom stereocenters. The van der Waals surface area contributed by atoms with Crippen molar-refractivity contribution in [2.75, 3.05) is 11.5 Å². The smallest absolute Gasteiger partial charge is 0.400 e. The molecule has 224 valence electrons. The minimum Gasteiger partial charge on any atom is -0.478 e. The highest BCUT2D eigenvalue weighted by atomic mass is 19.3. The number of anilines is 2. The number of alkyl halides is 2. The SMILES string of the molecule is CCCCCC1CCC(C(F)(F)Oc2ccc(C=CC(=O)OC(CC)Cc3c(N)cc(C(=O)O)cc3N)cc2)CC1. The molecule has 0 spiro atoms. The third-order valence-corrected chi connectivity index (χ3v) is 7.82. The molecule has 7 nitrogen and oxygen atoms in total. The standard InChI is InChI=1S/C32H42F2N2O5/c1-3-5-6-7-21-8-13-24(14-9-21)32(33,34)41-26-15-10-22(11-16-26)12-17-30(37)40-25(4-2)20-27-28(35)18-23(31(38)39)19-29(27)36/h10-12,15-19,21,24-25H,3-9,13-14,20,35-36H2,1-2H3,(H,38,39). The van der Waals surface area contributed by atoms with Crippen LogP contribution in [0.5, 0.6) is 5.75 Å². The monoisotopic (exact) mass is 572 g/mol. The lowest BCUT2D eigenvalue weighted by Crippen LogP contribution is -2.37. The summed E-state index contributed by atoms with van der Waals surface area (Å²) in [5.41, 5.74) is 13.5. The van der Waals surface area contributed by atoms with E-state index in [0.717, 1.165) is 19.3 Å². The molecule has 0 radical (unpaired) electrons. The summed E-state index contributed by atoms with van der Waals surface area (Å²) in [7, 11) is 0. The lowest BCUT2D eigenvalue weighted by atomic mass is 9.79. The highest BCUT2D eigenvalue weighted by Crippen LogP contribution is 2.41. The van der Waals surface area contributed by atoms with Crippen molar-refractivity contribution in [1.82, 2.24) is 0 Å². The number of aromatic carboxylic acids is 1. The Morgan fingerprint density at radius 3 is 2.24 bits per heavy atom. The topological polar surface area (TPSA) is 125 Å². The molecule has 3 rings (SSSR count). The van der Waals surface area contributed by atoms with Crippen molar-refractivity contribution in [2.24, 2.45) is 11.8 Å². The van der Waals surface area contributed by atoms with E-state index in [1.165, 1.54) is 55.7 Å². The van der Waals surface area contributed by atoms with Crippen molar-refractivity contribution in [3.05, 3.63) is 59.2 Å².